The Bertz CT molecular complexity index is 626. The first kappa shape index (κ1) is 22.0. The van der Waals surface area contributed by atoms with Crippen LogP contribution in [-0.2, 0) is 0 Å². The Balaban J connectivity index is 0.00000225. The van der Waals surface area contributed by atoms with E-state index < -0.39 is 0 Å². The second-order valence-corrected chi connectivity index (χ2v) is 11.3. The molecule has 2 nitrogen and oxygen atoms in total. The lowest BCUT2D eigenvalue weighted by molar-refractivity contribution is 0.0969. The van der Waals surface area contributed by atoms with E-state index >= 15 is 0 Å². The van der Waals surface area contributed by atoms with E-state index in [0.717, 1.165) is 5.92 Å². The van der Waals surface area contributed by atoms with Crippen LogP contribution in [-0.4, -0.2) is 37.6 Å². The van der Waals surface area contributed by atoms with E-state index in [1.807, 2.05) is 0 Å². The highest BCUT2D eigenvalue weighted by atomic mass is 35.5. The van der Waals surface area contributed by atoms with Crippen LogP contribution in [0.2, 0.25) is 0 Å². The number of hydrogen-bond acceptors (Lipinski definition) is 2. The van der Waals surface area contributed by atoms with E-state index in [0.29, 0.717) is 16.7 Å². The van der Waals surface area contributed by atoms with E-state index in [4.69, 9.17) is 0 Å². The molecule has 1 heterocycles. The van der Waals surface area contributed by atoms with Crippen molar-refractivity contribution in [2.75, 3.05) is 37.6 Å². The van der Waals surface area contributed by atoms with Crippen LogP contribution in [0.15, 0.2) is 24.3 Å². The zero-order valence-electron chi connectivity index (χ0n) is 18.5. The monoisotopic (exact) mass is 404 g/mol. The number of para-hydroxylation sites is 1. The summed E-state index contributed by atoms with van der Waals surface area (Å²) < 4.78 is 0. The van der Waals surface area contributed by atoms with Gasteiger partial charge in [0.25, 0.3) is 0 Å². The SMILES string of the molecule is CC1(C)CC(c2ccccc2N2CCN(CC3CCC3)CC2)CC(C)(C)C1.Cl. The molecule has 1 aromatic carbocycles. The molecule has 1 saturated heterocycles. The molecule has 158 valence electrons. The number of nitrogens with zero attached hydrogens (tertiary/aromatic N) is 2. The van der Waals surface area contributed by atoms with Crippen LogP contribution in [0.4, 0.5) is 5.69 Å². The molecule has 3 aliphatic rings. The lowest BCUT2D eigenvalue weighted by atomic mass is 9.60. The Morgan fingerprint density at radius 1 is 0.893 bits per heavy atom. The summed E-state index contributed by atoms with van der Waals surface area (Å²) in [5.41, 5.74) is 4.03. The minimum absolute atomic E-state index is 0. The third kappa shape index (κ3) is 5.05. The van der Waals surface area contributed by atoms with Crippen molar-refractivity contribution in [3.05, 3.63) is 29.8 Å². The maximum atomic E-state index is 2.72. The van der Waals surface area contributed by atoms with Crippen LogP contribution in [0, 0.1) is 16.7 Å². The van der Waals surface area contributed by atoms with E-state index in [-0.39, 0.29) is 12.4 Å². The topological polar surface area (TPSA) is 6.48 Å². The molecule has 0 spiro atoms. The molecule has 0 amide bonds. The molecule has 4 rings (SSSR count). The molecule has 0 radical (unpaired) electrons. The standard InChI is InChI=1S/C25H40N2.ClH/c1-24(2)16-21(17-25(3,4)19-24)22-10-5-6-11-23(22)27-14-12-26(13-15-27)18-20-8-7-9-20;/h5-6,10-11,20-21H,7-9,12-19H2,1-4H3;1H. The first-order chi connectivity index (χ1) is 12.8. The Morgan fingerprint density at radius 3 is 2.07 bits per heavy atom. The zero-order valence-corrected chi connectivity index (χ0v) is 19.4. The van der Waals surface area contributed by atoms with E-state index in [2.05, 4.69) is 61.8 Å². The number of hydrogen-bond donors (Lipinski definition) is 0. The van der Waals surface area contributed by atoms with Crippen molar-refractivity contribution < 1.29 is 0 Å². The lowest BCUT2D eigenvalue weighted by Crippen LogP contribution is -2.48. The van der Waals surface area contributed by atoms with Gasteiger partial charge in [-0.1, -0.05) is 52.3 Å². The molecule has 1 aromatic rings. The van der Waals surface area contributed by atoms with Gasteiger partial charge in [0.05, 0.1) is 0 Å². The molecule has 3 fully saturated rings. The Hall–Kier alpha value is -0.730. The van der Waals surface area contributed by atoms with Gasteiger partial charge in [0.2, 0.25) is 0 Å². The van der Waals surface area contributed by atoms with Crippen molar-refractivity contribution in [1.82, 2.24) is 4.90 Å². The van der Waals surface area contributed by atoms with Crippen LogP contribution in [0.3, 0.4) is 0 Å². The van der Waals surface area contributed by atoms with Crippen LogP contribution < -0.4 is 4.90 Å². The van der Waals surface area contributed by atoms with Gasteiger partial charge in [-0.3, -0.25) is 4.90 Å². The van der Waals surface area contributed by atoms with Crippen LogP contribution in [0.25, 0.3) is 0 Å². The predicted octanol–water partition coefficient (Wildman–Crippen LogP) is 6.35. The van der Waals surface area contributed by atoms with Crippen LogP contribution in [0.1, 0.15) is 77.7 Å². The van der Waals surface area contributed by atoms with Gasteiger partial charge < -0.3 is 4.90 Å². The fraction of sp³-hybridized carbons (Fsp3) is 0.760. The maximum absolute atomic E-state index is 2.72. The summed E-state index contributed by atoms with van der Waals surface area (Å²) in [6.45, 7) is 16.1. The average Bonchev–Trinajstić information content (AvgIpc) is 2.56. The molecule has 0 aromatic heterocycles. The molecule has 1 aliphatic heterocycles. The fourth-order valence-electron chi connectivity index (χ4n) is 6.40. The van der Waals surface area contributed by atoms with Gasteiger partial charge in [0.15, 0.2) is 0 Å². The minimum atomic E-state index is 0. The summed E-state index contributed by atoms with van der Waals surface area (Å²) in [6.07, 6.45) is 8.40. The lowest BCUT2D eigenvalue weighted by Gasteiger charge is -2.46. The summed E-state index contributed by atoms with van der Waals surface area (Å²) in [4.78, 5) is 5.40. The Morgan fingerprint density at radius 2 is 1.50 bits per heavy atom. The van der Waals surface area contributed by atoms with E-state index in [9.17, 15) is 0 Å². The summed E-state index contributed by atoms with van der Waals surface area (Å²) >= 11 is 0. The number of rotatable bonds is 4. The smallest absolute Gasteiger partial charge is 0.0402 e. The van der Waals surface area contributed by atoms with Gasteiger partial charge in [-0.25, -0.2) is 0 Å². The predicted molar refractivity (Wildman–Crippen MR) is 124 cm³/mol. The molecule has 0 unspecified atom stereocenters. The van der Waals surface area contributed by atoms with Gasteiger partial charge >= 0.3 is 0 Å². The molecule has 3 heteroatoms. The van der Waals surface area contributed by atoms with Gasteiger partial charge in [-0.05, 0) is 66.4 Å². The van der Waals surface area contributed by atoms with E-state index in [1.165, 1.54) is 76.9 Å². The van der Waals surface area contributed by atoms with Gasteiger partial charge in [0.1, 0.15) is 0 Å². The van der Waals surface area contributed by atoms with Gasteiger partial charge in [-0.15, -0.1) is 12.4 Å². The van der Waals surface area contributed by atoms with Gasteiger partial charge in [-0.2, -0.15) is 0 Å². The maximum Gasteiger partial charge on any atom is 0.0402 e. The van der Waals surface area contributed by atoms with Crippen LogP contribution in [0.5, 0.6) is 0 Å². The summed E-state index contributed by atoms with van der Waals surface area (Å²) in [7, 11) is 0. The number of piperazine rings is 1. The quantitative estimate of drug-likeness (QED) is 0.576. The van der Waals surface area contributed by atoms with Crippen molar-refractivity contribution in [1.29, 1.82) is 0 Å². The zero-order chi connectivity index (χ0) is 19.1. The molecule has 0 bridgehead atoms. The Kier molecular flexibility index (Phi) is 6.72. The highest BCUT2D eigenvalue weighted by Crippen LogP contribution is 2.53. The second-order valence-electron chi connectivity index (χ2n) is 11.3. The number of anilines is 1. The molecule has 2 saturated carbocycles. The molecule has 28 heavy (non-hydrogen) atoms. The highest BCUT2D eigenvalue weighted by molar-refractivity contribution is 5.85. The third-order valence-corrected chi connectivity index (χ3v) is 7.39. The van der Waals surface area contributed by atoms with Crippen molar-refractivity contribution in [2.24, 2.45) is 16.7 Å². The highest BCUT2D eigenvalue weighted by Gasteiger charge is 2.40. The van der Waals surface area contributed by atoms with Crippen molar-refractivity contribution in [3.63, 3.8) is 0 Å². The summed E-state index contributed by atoms with van der Waals surface area (Å²) in [5, 5.41) is 0. The molecule has 0 atom stereocenters. The summed E-state index contributed by atoms with van der Waals surface area (Å²) in [5.74, 6) is 1.70. The largest absolute Gasteiger partial charge is 0.369 e. The second kappa shape index (κ2) is 8.56. The van der Waals surface area contributed by atoms with Crippen LogP contribution >= 0.6 is 12.4 Å². The number of benzene rings is 1. The van der Waals surface area contributed by atoms with Crippen molar-refractivity contribution in [2.45, 2.75) is 72.1 Å². The minimum Gasteiger partial charge on any atom is -0.369 e. The van der Waals surface area contributed by atoms with E-state index in [1.54, 1.807) is 5.56 Å². The van der Waals surface area contributed by atoms with Crippen molar-refractivity contribution >= 4 is 18.1 Å². The molecule has 0 N–H and O–H groups in total. The molecule has 2 aliphatic carbocycles. The molecular weight excluding hydrogens is 364 g/mol. The normalized spacial score (nSPS) is 25.8. The van der Waals surface area contributed by atoms with Crippen molar-refractivity contribution in [3.8, 4) is 0 Å². The number of halogens is 1. The molecular formula is C25H41ClN2. The Labute approximate surface area is 179 Å². The first-order valence-electron chi connectivity index (χ1n) is 11.4. The first-order valence-corrected chi connectivity index (χ1v) is 11.4. The average molecular weight is 405 g/mol. The summed E-state index contributed by atoms with van der Waals surface area (Å²) in [6, 6.07) is 9.34. The third-order valence-electron chi connectivity index (χ3n) is 7.39. The fourth-order valence-corrected chi connectivity index (χ4v) is 6.40. The van der Waals surface area contributed by atoms with Gasteiger partial charge in [0, 0.05) is 38.4 Å².